The second kappa shape index (κ2) is 6.53. The number of rotatable bonds is 3. The minimum Gasteiger partial charge on any atom is -0.300 e. The summed E-state index contributed by atoms with van der Waals surface area (Å²) in [5, 5.41) is 8.65. The minimum atomic E-state index is -0.196. The number of piperidine rings is 1. The van der Waals surface area contributed by atoms with Crippen molar-refractivity contribution in [1.29, 1.82) is 0 Å². The highest BCUT2D eigenvalue weighted by Crippen LogP contribution is 2.30. The average Bonchev–Trinajstić information content (AvgIpc) is 2.47. The molecule has 18 heavy (non-hydrogen) atoms. The molecular formula is C14H26N2O2. The molecule has 4 nitrogen and oxygen atoms in total. The Bertz CT molecular complexity index is 267. The van der Waals surface area contributed by atoms with Gasteiger partial charge in [0, 0.05) is 12.0 Å². The molecule has 1 saturated heterocycles. The van der Waals surface area contributed by atoms with Crippen LogP contribution in [0.2, 0.25) is 0 Å². The first kappa shape index (κ1) is 13.8. The first-order valence-electron chi connectivity index (χ1n) is 7.42. The predicted molar refractivity (Wildman–Crippen MR) is 70.3 cm³/mol. The summed E-state index contributed by atoms with van der Waals surface area (Å²) in [4.78, 5) is 14.0. The van der Waals surface area contributed by atoms with Gasteiger partial charge in [-0.05, 0) is 57.5 Å². The van der Waals surface area contributed by atoms with Crippen molar-refractivity contribution in [2.75, 3.05) is 13.1 Å². The number of hydroxylamine groups is 1. The van der Waals surface area contributed by atoms with E-state index in [2.05, 4.69) is 11.8 Å². The molecule has 104 valence electrons. The van der Waals surface area contributed by atoms with E-state index in [-0.39, 0.29) is 11.8 Å². The highest BCUT2D eigenvalue weighted by atomic mass is 16.5. The summed E-state index contributed by atoms with van der Waals surface area (Å²) in [6, 6.07) is 0.672. The van der Waals surface area contributed by atoms with Crippen LogP contribution < -0.4 is 5.48 Å². The maximum Gasteiger partial charge on any atom is 0.246 e. The van der Waals surface area contributed by atoms with E-state index in [9.17, 15) is 4.79 Å². The first-order valence-corrected chi connectivity index (χ1v) is 7.42. The zero-order valence-electron chi connectivity index (χ0n) is 11.4. The largest absolute Gasteiger partial charge is 0.300 e. The van der Waals surface area contributed by atoms with Gasteiger partial charge in [-0.1, -0.05) is 13.3 Å². The highest BCUT2D eigenvalue weighted by Gasteiger charge is 2.30. The number of amides is 1. The monoisotopic (exact) mass is 254 g/mol. The molecule has 0 aromatic heterocycles. The molecule has 1 aliphatic carbocycles. The summed E-state index contributed by atoms with van der Waals surface area (Å²) >= 11 is 0. The summed E-state index contributed by atoms with van der Waals surface area (Å²) in [5.41, 5.74) is 1.79. The lowest BCUT2D eigenvalue weighted by atomic mass is 9.83. The van der Waals surface area contributed by atoms with Gasteiger partial charge in [0.1, 0.15) is 0 Å². The van der Waals surface area contributed by atoms with Crippen LogP contribution in [-0.2, 0) is 4.79 Å². The molecule has 2 fully saturated rings. The van der Waals surface area contributed by atoms with Gasteiger partial charge in [0.25, 0.3) is 0 Å². The van der Waals surface area contributed by atoms with E-state index in [1.54, 1.807) is 5.48 Å². The van der Waals surface area contributed by atoms with Crippen LogP contribution in [0.4, 0.5) is 0 Å². The third-order valence-corrected chi connectivity index (χ3v) is 4.92. The normalized spacial score (nSPS) is 31.2. The van der Waals surface area contributed by atoms with Crippen molar-refractivity contribution in [2.24, 2.45) is 11.8 Å². The van der Waals surface area contributed by atoms with Crippen molar-refractivity contribution in [3.63, 3.8) is 0 Å². The summed E-state index contributed by atoms with van der Waals surface area (Å²) in [6.45, 7) is 4.76. The van der Waals surface area contributed by atoms with Crippen LogP contribution in [-0.4, -0.2) is 35.1 Å². The standard InChI is InChI=1S/C14H26N2O2/c1-2-11-7-9-16(10-8-11)13-5-3-12(4-6-13)14(17)15-18/h11-13,18H,2-10H2,1H3,(H,15,17). The fraction of sp³-hybridized carbons (Fsp3) is 0.929. The van der Waals surface area contributed by atoms with E-state index in [0.717, 1.165) is 31.6 Å². The summed E-state index contributed by atoms with van der Waals surface area (Å²) in [5.74, 6) is 0.760. The zero-order valence-corrected chi connectivity index (χ0v) is 11.4. The number of nitrogens with one attached hydrogen (secondary N) is 1. The predicted octanol–water partition coefficient (Wildman–Crippen LogP) is 2.17. The molecule has 0 bridgehead atoms. The molecule has 1 aliphatic heterocycles. The lowest BCUT2D eigenvalue weighted by molar-refractivity contribution is -0.134. The van der Waals surface area contributed by atoms with Crippen LogP contribution >= 0.6 is 0 Å². The Morgan fingerprint density at radius 2 is 1.78 bits per heavy atom. The molecule has 0 radical (unpaired) electrons. The number of carbonyl (C=O) groups is 1. The fourth-order valence-electron chi connectivity index (χ4n) is 3.52. The molecule has 0 unspecified atom stereocenters. The second-order valence-corrected chi connectivity index (χ2v) is 5.87. The van der Waals surface area contributed by atoms with Gasteiger partial charge in [-0.3, -0.25) is 10.0 Å². The highest BCUT2D eigenvalue weighted by molar-refractivity contribution is 5.77. The van der Waals surface area contributed by atoms with Crippen molar-refractivity contribution in [3.05, 3.63) is 0 Å². The SMILES string of the molecule is CCC1CCN(C2CCC(C(=O)NO)CC2)CC1. The number of hydrogen-bond donors (Lipinski definition) is 2. The van der Waals surface area contributed by atoms with Crippen LogP contribution in [0.3, 0.4) is 0 Å². The first-order chi connectivity index (χ1) is 8.74. The van der Waals surface area contributed by atoms with E-state index in [0.29, 0.717) is 6.04 Å². The number of carbonyl (C=O) groups excluding carboxylic acids is 1. The van der Waals surface area contributed by atoms with Crippen molar-refractivity contribution >= 4 is 5.91 Å². The van der Waals surface area contributed by atoms with Gasteiger partial charge in [-0.25, -0.2) is 5.48 Å². The van der Waals surface area contributed by atoms with E-state index in [1.807, 2.05) is 0 Å². The molecule has 0 spiro atoms. The topological polar surface area (TPSA) is 52.6 Å². The van der Waals surface area contributed by atoms with Gasteiger partial charge in [0.2, 0.25) is 5.91 Å². The number of nitrogens with zero attached hydrogens (tertiary/aromatic N) is 1. The molecule has 2 aliphatic rings. The fourth-order valence-corrected chi connectivity index (χ4v) is 3.52. The van der Waals surface area contributed by atoms with Gasteiger partial charge in [-0.2, -0.15) is 0 Å². The van der Waals surface area contributed by atoms with Crippen molar-refractivity contribution in [1.82, 2.24) is 10.4 Å². The van der Waals surface area contributed by atoms with Gasteiger partial charge in [0.05, 0.1) is 0 Å². The quantitative estimate of drug-likeness (QED) is 0.599. The smallest absolute Gasteiger partial charge is 0.246 e. The van der Waals surface area contributed by atoms with Crippen LogP contribution in [0.5, 0.6) is 0 Å². The Hall–Kier alpha value is -0.610. The average molecular weight is 254 g/mol. The Kier molecular flexibility index (Phi) is 5.01. The van der Waals surface area contributed by atoms with Crippen LogP contribution in [0, 0.1) is 11.8 Å². The summed E-state index contributed by atoms with van der Waals surface area (Å²) < 4.78 is 0. The van der Waals surface area contributed by atoms with Crippen molar-refractivity contribution < 1.29 is 10.0 Å². The van der Waals surface area contributed by atoms with Gasteiger partial charge >= 0.3 is 0 Å². The van der Waals surface area contributed by atoms with Gasteiger partial charge < -0.3 is 4.90 Å². The Labute approximate surface area is 110 Å². The Morgan fingerprint density at radius 3 is 2.28 bits per heavy atom. The van der Waals surface area contributed by atoms with E-state index < -0.39 is 0 Å². The molecule has 1 amide bonds. The zero-order chi connectivity index (χ0) is 13.0. The van der Waals surface area contributed by atoms with E-state index >= 15 is 0 Å². The summed E-state index contributed by atoms with van der Waals surface area (Å²) in [7, 11) is 0. The van der Waals surface area contributed by atoms with Crippen molar-refractivity contribution in [2.45, 2.75) is 57.9 Å². The number of hydrogen-bond acceptors (Lipinski definition) is 3. The Balaban J connectivity index is 1.75. The molecule has 1 heterocycles. The Morgan fingerprint density at radius 1 is 1.17 bits per heavy atom. The molecule has 1 saturated carbocycles. The van der Waals surface area contributed by atoms with Gasteiger partial charge in [-0.15, -0.1) is 0 Å². The summed E-state index contributed by atoms with van der Waals surface area (Å²) in [6.07, 6.45) is 8.05. The molecule has 0 aromatic rings. The lowest BCUT2D eigenvalue weighted by Crippen LogP contribution is -2.44. The van der Waals surface area contributed by atoms with Crippen LogP contribution in [0.15, 0.2) is 0 Å². The second-order valence-electron chi connectivity index (χ2n) is 5.87. The minimum absolute atomic E-state index is 0.0273. The van der Waals surface area contributed by atoms with Crippen molar-refractivity contribution in [3.8, 4) is 0 Å². The molecule has 0 atom stereocenters. The molecule has 2 N–H and O–H groups in total. The van der Waals surface area contributed by atoms with Crippen LogP contribution in [0.1, 0.15) is 51.9 Å². The van der Waals surface area contributed by atoms with Crippen LogP contribution in [0.25, 0.3) is 0 Å². The molecule has 2 rings (SSSR count). The maximum absolute atomic E-state index is 11.4. The molecule has 4 heteroatoms. The maximum atomic E-state index is 11.4. The lowest BCUT2D eigenvalue weighted by Gasteiger charge is -2.40. The third kappa shape index (κ3) is 3.23. The molecular weight excluding hydrogens is 228 g/mol. The third-order valence-electron chi connectivity index (χ3n) is 4.92. The molecule has 0 aromatic carbocycles. The number of likely N-dealkylation sites (tertiary alicyclic amines) is 1. The van der Waals surface area contributed by atoms with Gasteiger partial charge in [0.15, 0.2) is 0 Å². The van der Waals surface area contributed by atoms with E-state index in [4.69, 9.17) is 5.21 Å². The van der Waals surface area contributed by atoms with E-state index in [1.165, 1.54) is 32.4 Å².